The topological polar surface area (TPSA) is 26.5 Å². The van der Waals surface area contributed by atoms with Crippen molar-refractivity contribution >= 4 is 5.65 Å². The second-order valence-corrected chi connectivity index (χ2v) is 6.82. The zero-order valence-corrected chi connectivity index (χ0v) is 15.7. The fraction of sp³-hybridized carbons (Fsp3) is 0.174. The van der Waals surface area contributed by atoms with Crippen LogP contribution in [0.25, 0.3) is 16.9 Å². The lowest BCUT2D eigenvalue weighted by atomic mass is 10.0. The van der Waals surface area contributed by atoms with Crippen molar-refractivity contribution in [3.63, 3.8) is 0 Å². The van der Waals surface area contributed by atoms with E-state index in [4.69, 9.17) is 9.72 Å². The molecule has 2 aromatic carbocycles. The summed E-state index contributed by atoms with van der Waals surface area (Å²) in [5.74, 6) is 0.606. The number of ether oxygens (including phenoxy) is 1. The van der Waals surface area contributed by atoms with E-state index in [1.165, 1.54) is 28.8 Å². The van der Waals surface area contributed by atoms with E-state index in [0.717, 1.165) is 34.8 Å². The molecule has 0 bridgehead atoms. The van der Waals surface area contributed by atoms with Gasteiger partial charge in [0.2, 0.25) is 0 Å². The van der Waals surface area contributed by atoms with Crippen LogP contribution in [0.5, 0.6) is 5.75 Å². The minimum atomic E-state index is -0.245. The zero-order valence-electron chi connectivity index (χ0n) is 15.7. The lowest BCUT2D eigenvalue weighted by Gasteiger charge is -2.10. The van der Waals surface area contributed by atoms with E-state index < -0.39 is 0 Å². The maximum atomic E-state index is 13.4. The van der Waals surface area contributed by atoms with E-state index in [1.54, 1.807) is 19.2 Å². The minimum absolute atomic E-state index is 0.245. The quantitative estimate of drug-likeness (QED) is 0.490. The number of benzene rings is 2. The Bertz CT molecular complexity index is 1110. The summed E-state index contributed by atoms with van der Waals surface area (Å²) in [6.45, 7) is 4.16. The molecule has 3 nitrogen and oxygen atoms in total. The molecule has 2 heterocycles. The Labute approximate surface area is 158 Å². The molecule has 0 atom stereocenters. The molecule has 0 saturated carbocycles. The smallest absolute Gasteiger partial charge is 0.137 e. The van der Waals surface area contributed by atoms with E-state index in [1.807, 2.05) is 18.2 Å². The standard InChI is InChI=1S/C23H21FN2O/c1-15-4-11-22-25-23(17-5-8-19(24)9-6-17)21(26(22)14-15)13-18-7-10-20(27-3)12-16(18)2/h4-12,14H,13H2,1-3H3. The first-order valence-electron chi connectivity index (χ1n) is 8.92. The van der Waals surface area contributed by atoms with Crippen molar-refractivity contribution < 1.29 is 9.13 Å². The lowest BCUT2D eigenvalue weighted by Crippen LogP contribution is -1.99. The molecule has 136 valence electrons. The number of methoxy groups -OCH3 is 1. The van der Waals surface area contributed by atoms with Crippen LogP contribution in [-0.4, -0.2) is 16.5 Å². The maximum absolute atomic E-state index is 13.4. The largest absolute Gasteiger partial charge is 0.497 e. The van der Waals surface area contributed by atoms with Crippen LogP contribution in [0.3, 0.4) is 0 Å². The summed E-state index contributed by atoms with van der Waals surface area (Å²) in [7, 11) is 1.67. The molecule has 0 saturated heterocycles. The van der Waals surface area contributed by atoms with Crippen molar-refractivity contribution in [3.05, 3.63) is 89.0 Å². The molecule has 4 heteroatoms. The maximum Gasteiger partial charge on any atom is 0.137 e. The fourth-order valence-electron chi connectivity index (χ4n) is 3.38. The Morgan fingerprint density at radius 3 is 2.48 bits per heavy atom. The average molecular weight is 360 g/mol. The van der Waals surface area contributed by atoms with Crippen molar-refractivity contribution in [2.24, 2.45) is 0 Å². The SMILES string of the molecule is COc1ccc(Cc2c(-c3ccc(F)cc3)nc3ccc(C)cn23)c(C)c1. The first-order valence-corrected chi connectivity index (χ1v) is 8.92. The molecule has 27 heavy (non-hydrogen) atoms. The Hall–Kier alpha value is -3.14. The molecule has 0 unspecified atom stereocenters. The highest BCUT2D eigenvalue weighted by Gasteiger charge is 2.16. The number of pyridine rings is 1. The number of imidazole rings is 1. The van der Waals surface area contributed by atoms with Gasteiger partial charge in [0.15, 0.2) is 0 Å². The van der Waals surface area contributed by atoms with Crippen molar-refractivity contribution in [2.75, 3.05) is 7.11 Å². The lowest BCUT2D eigenvalue weighted by molar-refractivity contribution is 0.414. The third-order valence-corrected chi connectivity index (χ3v) is 4.89. The molecule has 0 aliphatic carbocycles. The number of rotatable bonds is 4. The molecule has 0 spiro atoms. The molecule has 0 amide bonds. The predicted octanol–water partition coefficient (Wildman–Crippen LogP) is 5.36. The second kappa shape index (κ2) is 6.88. The molecule has 0 aliphatic rings. The van der Waals surface area contributed by atoms with E-state index in [9.17, 15) is 4.39 Å². The van der Waals surface area contributed by atoms with Gasteiger partial charge in [0.25, 0.3) is 0 Å². The van der Waals surface area contributed by atoms with Gasteiger partial charge in [-0.1, -0.05) is 12.1 Å². The van der Waals surface area contributed by atoms with Gasteiger partial charge >= 0.3 is 0 Å². The summed E-state index contributed by atoms with van der Waals surface area (Å²) in [4.78, 5) is 4.83. The Morgan fingerprint density at radius 2 is 1.78 bits per heavy atom. The molecule has 4 rings (SSSR count). The molecule has 0 N–H and O–H groups in total. The molecular weight excluding hydrogens is 339 g/mol. The summed E-state index contributed by atoms with van der Waals surface area (Å²) in [6, 6.07) is 16.7. The van der Waals surface area contributed by atoms with E-state index in [2.05, 4.69) is 36.6 Å². The van der Waals surface area contributed by atoms with Crippen LogP contribution in [-0.2, 0) is 6.42 Å². The van der Waals surface area contributed by atoms with E-state index in [-0.39, 0.29) is 5.82 Å². The van der Waals surface area contributed by atoms with Gasteiger partial charge in [0.1, 0.15) is 17.2 Å². The van der Waals surface area contributed by atoms with E-state index in [0.29, 0.717) is 0 Å². The molecule has 0 fully saturated rings. The van der Waals surface area contributed by atoms with Gasteiger partial charge in [0, 0.05) is 18.2 Å². The van der Waals surface area contributed by atoms with Gasteiger partial charge < -0.3 is 9.14 Å². The van der Waals surface area contributed by atoms with Crippen molar-refractivity contribution in [3.8, 4) is 17.0 Å². The van der Waals surface area contributed by atoms with E-state index >= 15 is 0 Å². The third-order valence-electron chi connectivity index (χ3n) is 4.89. The fourth-order valence-corrected chi connectivity index (χ4v) is 3.38. The summed E-state index contributed by atoms with van der Waals surface area (Å²) in [6.07, 6.45) is 2.83. The van der Waals surface area contributed by atoms with Gasteiger partial charge in [-0.05, 0) is 73.0 Å². The zero-order chi connectivity index (χ0) is 19.0. The van der Waals surface area contributed by atoms with Crippen molar-refractivity contribution in [1.29, 1.82) is 0 Å². The van der Waals surface area contributed by atoms with Crippen molar-refractivity contribution in [1.82, 2.24) is 9.38 Å². The number of nitrogens with zero attached hydrogens (tertiary/aromatic N) is 2. The predicted molar refractivity (Wildman–Crippen MR) is 106 cm³/mol. The number of fused-ring (bicyclic) bond motifs is 1. The summed E-state index contributed by atoms with van der Waals surface area (Å²) >= 11 is 0. The molecular formula is C23H21FN2O. The Balaban J connectivity index is 1.88. The molecule has 0 radical (unpaired) electrons. The second-order valence-electron chi connectivity index (χ2n) is 6.82. The van der Waals surface area contributed by atoms with Crippen LogP contribution in [0.15, 0.2) is 60.8 Å². The normalized spacial score (nSPS) is 11.1. The summed E-state index contributed by atoms with van der Waals surface area (Å²) in [5, 5.41) is 0. The first-order chi connectivity index (χ1) is 13.0. The Kier molecular flexibility index (Phi) is 4.40. The Morgan fingerprint density at radius 1 is 1.00 bits per heavy atom. The van der Waals surface area contributed by atoms with Crippen LogP contribution in [0.2, 0.25) is 0 Å². The number of aromatic nitrogens is 2. The van der Waals surface area contributed by atoms with Gasteiger partial charge in [-0.15, -0.1) is 0 Å². The van der Waals surface area contributed by atoms with Gasteiger partial charge in [-0.3, -0.25) is 0 Å². The minimum Gasteiger partial charge on any atom is -0.497 e. The highest BCUT2D eigenvalue weighted by atomic mass is 19.1. The number of aryl methyl sites for hydroxylation is 2. The third kappa shape index (κ3) is 3.31. The van der Waals surface area contributed by atoms with Crippen LogP contribution in [0.1, 0.15) is 22.4 Å². The van der Waals surface area contributed by atoms with Crippen molar-refractivity contribution in [2.45, 2.75) is 20.3 Å². The van der Waals surface area contributed by atoms with Crippen LogP contribution in [0, 0.1) is 19.7 Å². The number of hydrogen-bond donors (Lipinski definition) is 0. The van der Waals surface area contributed by atoms with Gasteiger partial charge in [-0.25, -0.2) is 9.37 Å². The molecule has 0 aliphatic heterocycles. The monoisotopic (exact) mass is 360 g/mol. The average Bonchev–Trinajstić information content (AvgIpc) is 3.01. The van der Waals surface area contributed by atoms with Gasteiger partial charge in [0.05, 0.1) is 18.5 Å². The van der Waals surface area contributed by atoms with Gasteiger partial charge in [-0.2, -0.15) is 0 Å². The highest BCUT2D eigenvalue weighted by Crippen LogP contribution is 2.29. The van der Waals surface area contributed by atoms with Crippen LogP contribution >= 0.6 is 0 Å². The van der Waals surface area contributed by atoms with Crippen LogP contribution in [0.4, 0.5) is 4.39 Å². The number of hydrogen-bond acceptors (Lipinski definition) is 2. The molecule has 4 aromatic rings. The number of halogens is 1. The summed E-state index contributed by atoms with van der Waals surface area (Å²) in [5.41, 5.74) is 7.33. The summed E-state index contributed by atoms with van der Waals surface area (Å²) < 4.78 is 20.9. The first kappa shape index (κ1) is 17.3. The molecule has 2 aromatic heterocycles. The van der Waals surface area contributed by atoms with Crippen LogP contribution < -0.4 is 4.74 Å². The highest BCUT2D eigenvalue weighted by molar-refractivity contribution is 5.67.